The fourth-order valence-electron chi connectivity index (χ4n) is 3.74. The zero-order valence-electron chi connectivity index (χ0n) is 13.5. The third-order valence-electron chi connectivity index (χ3n) is 5.07. The Morgan fingerprint density at radius 3 is 2.50 bits per heavy atom. The van der Waals surface area contributed by atoms with Crippen molar-refractivity contribution in [3.05, 3.63) is 35.4 Å². The van der Waals surface area contributed by atoms with Gasteiger partial charge in [-0.3, -0.25) is 0 Å². The van der Waals surface area contributed by atoms with E-state index < -0.39 is 0 Å². The maximum Gasteiger partial charge on any atom is -0.00773 e. The second-order valence-corrected chi connectivity index (χ2v) is 7.47. The molecule has 2 N–H and O–H groups in total. The molecule has 1 aromatic carbocycles. The Kier molecular flexibility index (Phi) is 5.26. The monoisotopic (exact) mass is 273 g/mol. The Balaban J connectivity index is 2.11. The minimum Gasteiger partial charge on any atom is -0.330 e. The molecule has 1 fully saturated rings. The van der Waals surface area contributed by atoms with Gasteiger partial charge >= 0.3 is 0 Å². The molecule has 0 saturated heterocycles. The Morgan fingerprint density at radius 1 is 1.15 bits per heavy atom. The normalized spacial score (nSPS) is 25.6. The van der Waals surface area contributed by atoms with Gasteiger partial charge in [-0.15, -0.1) is 0 Å². The van der Waals surface area contributed by atoms with Crippen molar-refractivity contribution < 1.29 is 0 Å². The summed E-state index contributed by atoms with van der Waals surface area (Å²) in [7, 11) is 0. The van der Waals surface area contributed by atoms with E-state index in [1.165, 1.54) is 44.1 Å². The summed E-state index contributed by atoms with van der Waals surface area (Å²) < 4.78 is 0. The molecule has 1 aliphatic carbocycles. The average Bonchev–Trinajstić information content (AvgIpc) is 2.41. The summed E-state index contributed by atoms with van der Waals surface area (Å²) in [5, 5.41) is 0. The summed E-state index contributed by atoms with van der Waals surface area (Å²) >= 11 is 0. The number of aryl methyl sites for hydroxylation is 1. The van der Waals surface area contributed by atoms with Crippen LogP contribution in [0.2, 0.25) is 0 Å². The molecule has 0 amide bonds. The van der Waals surface area contributed by atoms with Crippen molar-refractivity contribution in [2.45, 2.75) is 65.2 Å². The Labute approximate surface area is 125 Å². The molecule has 1 nitrogen and oxygen atoms in total. The van der Waals surface area contributed by atoms with E-state index in [9.17, 15) is 0 Å². The first-order chi connectivity index (χ1) is 9.52. The van der Waals surface area contributed by atoms with Crippen LogP contribution in [-0.2, 0) is 0 Å². The second-order valence-electron chi connectivity index (χ2n) is 7.47. The lowest BCUT2D eigenvalue weighted by Crippen LogP contribution is -2.28. The van der Waals surface area contributed by atoms with Crippen LogP contribution in [0.5, 0.6) is 0 Å². The minimum absolute atomic E-state index is 0.500. The summed E-state index contributed by atoms with van der Waals surface area (Å²) in [6, 6.07) is 9.26. The fourth-order valence-corrected chi connectivity index (χ4v) is 3.74. The maximum atomic E-state index is 5.65. The van der Waals surface area contributed by atoms with Gasteiger partial charge in [-0.25, -0.2) is 0 Å². The Morgan fingerprint density at radius 2 is 1.85 bits per heavy atom. The Hall–Kier alpha value is -0.820. The molecule has 0 unspecified atom stereocenters. The van der Waals surface area contributed by atoms with Gasteiger partial charge in [0, 0.05) is 0 Å². The molecule has 0 aromatic heterocycles. The molecule has 1 aromatic rings. The van der Waals surface area contributed by atoms with Crippen molar-refractivity contribution in [2.24, 2.45) is 17.1 Å². The van der Waals surface area contributed by atoms with Crippen molar-refractivity contribution in [1.82, 2.24) is 0 Å². The van der Waals surface area contributed by atoms with Gasteiger partial charge < -0.3 is 5.73 Å². The van der Waals surface area contributed by atoms with Crippen LogP contribution in [0.25, 0.3) is 0 Å². The van der Waals surface area contributed by atoms with Gasteiger partial charge in [0.2, 0.25) is 0 Å². The van der Waals surface area contributed by atoms with E-state index in [0.717, 1.165) is 18.4 Å². The molecule has 0 heterocycles. The smallest absolute Gasteiger partial charge is 0.00773 e. The molecule has 112 valence electrons. The van der Waals surface area contributed by atoms with Gasteiger partial charge in [-0.2, -0.15) is 0 Å². The molecule has 2 atom stereocenters. The predicted molar refractivity (Wildman–Crippen MR) is 87.9 cm³/mol. The molecule has 1 saturated carbocycles. The van der Waals surface area contributed by atoms with Crippen LogP contribution < -0.4 is 5.73 Å². The van der Waals surface area contributed by atoms with Crippen LogP contribution in [0.3, 0.4) is 0 Å². The van der Waals surface area contributed by atoms with Crippen LogP contribution >= 0.6 is 0 Å². The number of unbranched alkanes of at least 4 members (excludes halogenated alkanes) is 1. The lowest BCUT2D eigenvalue weighted by Gasteiger charge is -2.41. The molecular formula is C19H31N. The highest BCUT2D eigenvalue weighted by Crippen LogP contribution is 2.48. The molecule has 1 heteroatoms. The zero-order chi connectivity index (χ0) is 14.6. The van der Waals surface area contributed by atoms with E-state index in [-0.39, 0.29) is 0 Å². The standard InChI is InChI=1S/C19H31N/c1-15-7-9-17(10-8-15)18-14-19(2,3)12-11-16(18)6-4-5-13-20/h7-10,16,18H,4-6,11-14,20H2,1-3H3/t16-,18-/m0/s1. The lowest BCUT2D eigenvalue weighted by molar-refractivity contribution is 0.153. The van der Waals surface area contributed by atoms with Crippen molar-refractivity contribution in [3.8, 4) is 0 Å². The third kappa shape index (κ3) is 4.09. The highest BCUT2D eigenvalue weighted by atomic mass is 14.5. The second kappa shape index (κ2) is 6.76. The SMILES string of the molecule is Cc1ccc([C@H]2CC(C)(C)CC[C@@H]2CCCCN)cc1. The molecule has 0 bridgehead atoms. The van der Waals surface area contributed by atoms with Crippen molar-refractivity contribution in [2.75, 3.05) is 6.54 Å². The van der Waals surface area contributed by atoms with Gasteiger partial charge in [0.15, 0.2) is 0 Å². The first-order valence-corrected chi connectivity index (χ1v) is 8.28. The molecule has 0 spiro atoms. The van der Waals surface area contributed by atoms with Crippen LogP contribution in [0.4, 0.5) is 0 Å². The summed E-state index contributed by atoms with van der Waals surface area (Å²) in [5.74, 6) is 1.61. The average molecular weight is 273 g/mol. The minimum atomic E-state index is 0.500. The molecule has 2 rings (SSSR count). The number of benzene rings is 1. The first kappa shape index (κ1) is 15.6. The zero-order valence-corrected chi connectivity index (χ0v) is 13.5. The van der Waals surface area contributed by atoms with E-state index >= 15 is 0 Å². The fraction of sp³-hybridized carbons (Fsp3) is 0.684. The first-order valence-electron chi connectivity index (χ1n) is 8.28. The Bertz CT molecular complexity index is 404. The molecular weight excluding hydrogens is 242 g/mol. The topological polar surface area (TPSA) is 26.0 Å². The van der Waals surface area contributed by atoms with E-state index in [2.05, 4.69) is 45.0 Å². The van der Waals surface area contributed by atoms with E-state index in [0.29, 0.717) is 5.41 Å². The molecule has 1 aliphatic rings. The van der Waals surface area contributed by atoms with E-state index in [1.54, 1.807) is 5.56 Å². The number of hydrogen-bond acceptors (Lipinski definition) is 1. The molecule has 0 radical (unpaired) electrons. The van der Waals surface area contributed by atoms with Crippen LogP contribution in [-0.4, -0.2) is 6.54 Å². The van der Waals surface area contributed by atoms with Gasteiger partial charge in [0.25, 0.3) is 0 Å². The summed E-state index contributed by atoms with van der Waals surface area (Å²) in [6.07, 6.45) is 7.93. The summed E-state index contributed by atoms with van der Waals surface area (Å²) in [6.45, 7) is 7.88. The lowest BCUT2D eigenvalue weighted by atomic mass is 9.64. The molecule has 20 heavy (non-hydrogen) atoms. The van der Waals surface area contributed by atoms with Crippen LogP contribution in [0, 0.1) is 18.3 Å². The van der Waals surface area contributed by atoms with Gasteiger partial charge in [0.05, 0.1) is 0 Å². The molecule has 0 aliphatic heterocycles. The summed E-state index contributed by atoms with van der Waals surface area (Å²) in [5.41, 5.74) is 9.07. The van der Waals surface area contributed by atoms with Crippen LogP contribution in [0.15, 0.2) is 24.3 Å². The highest BCUT2D eigenvalue weighted by Gasteiger charge is 2.35. The number of hydrogen-bond donors (Lipinski definition) is 1. The predicted octanol–water partition coefficient (Wildman–Crippen LogP) is 5.03. The van der Waals surface area contributed by atoms with Gasteiger partial charge in [0.1, 0.15) is 0 Å². The van der Waals surface area contributed by atoms with Gasteiger partial charge in [-0.1, -0.05) is 50.1 Å². The van der Waals surface area contributed by atoms with Crippen molar-refractivity contribution >= 4 is 0 Å². The van der Waals surface area contributed by atoms with E-state index in [1.807, 2.05) is 0 Å². The highest BCUT2D eigenvalue weighted by molar-refractivity contribution is 5.26. The van der Waals surface area contributed by atoms with Gasteiger partial charge in [-0.05, 0) is 68.4 Å². The number of nitrogens with two attached hydrogens (primary N) is 1. The van der Waals surface area contributed by atoms with Crippen LogP contribution in [0.1, 0.15) is 69.4 Å². The maximum absolute atomic E-state index is 5.65. The quantitative estimate of drug-likeness (QED) is 0.748. The largest absolute Gasteiger partial charge is 0.330 e. The summed E-state index contributed by atoms with van der Waals surface area (Å²) in [4.78, 5) is 0. The third-order valence-corrected chi connectivity index (χ3v) is 5.07. The van der Waals surface area contributed by atoms with E-state index in [4.69, 9.17) is 5.73 Å². The van der Waals surface area contributed by atoms with Crippen molar-refractivity contribution in [3.63, 3.8) is 0 Å². The van der Waals surface area contributed by atoms with Crippen molar-refractivity contribution in [1.29, 1.82) is 0 Å². The number of rotatable bonds is 5.